The summed E-state index contributed by atoms with van der Waals surface area (Å²) in [5.74, 6) is -0.277. The predicted molar refractivity (Wildman–Crippen MR) is 59.5 cm³/mol. The van der Waals surface area contributed by atoms with Gasteiger partial charge in [-0.2, -0.15) is 0 Å². The van der Waals surface area contributed by atoms with Gasteiger partial charge in [0.15, 0.2) is 0 Å². The number of halogens is 1. The van der Waals surface area contributed by atoms with Gasteiger partial charge in [0.1, 0.15) is 5.82 Å². The van der Waals surface area contributed by atoms with Gasteiger partial charge >= 0.3 is 0 Å². The van der Waals surface area contributed by atoms with Crippen molar-refractivity contribution in [3.8, 4) is 0 Å². The summed E-state index contributed by atoms with van der Waals surface area (Å²) in [7, 11) is 1.75. The van der Waals surface area contributed by atoms with Crippen molar-refractivity contribution in [1.29, 1.82) is 0 Å². The molecule has 0 spiro atoms. The molecule has 1 saturated carbocycles. The van der Waals surface area contributed by atoms with E-state index in [-0.39, 0.29) is 5.82 Å². The standard InChI is InChI=1S/C12H17FN2O/c1-16-12-3-2-11(5-12)15-7-9-4-10(13)8-14-6-9/h4,6,8,11-12,15H,2-3,5,7H2,1H3. The van der Waals surface area contributed by atoms with Crippen LogP contribution in [0.5, 0.6) is 0 Å². The molecule has 3 nitrogen and oxygen atoms in total. The Morgan fingerprint density at radius 2 is 2.38 bits per heavy atom. The van der Waals surface area contributed by atoms with E-state index >= 15 is 0 Å². The highest BCUT2D eigenvalue weighted by atomic mass is 19.1. The van der Waals surface area contributed by atoms with Gasteiger partial charge in [-0.25, -0.2) is 4.39 Å². The zero-order chi connectivity index (χ0) is 11.4. The summed E-state index contributed by atoms with van der Waals surface area (Å²) in [6.07, 6.45) is 6.57. The van der Waals surface area contributed by atoms with Crippen LogP contribution in [0.4, 0.5) is 4.39 Å². The van der Waals surface area contributed by atoms with Crippen LogP contribution in [0.25, 0.3) is 0 Å². The van der Waals surface area contributed by atoms with Crippen LogP contribution in [0.2, 0.25) is 0 Å². The van der Waals surface area contributed by atoms with Crippen LogP contribution in [-0.4, -0.2) is 24.2 Å². The first-order valence-corrected chi connectivity index (χ1v) is 5.63. The molecular weight excluding hydrogens is 207 g/mol. The lowest BCUT2D eigenvalue weighted by atomic mass is 10.2. The van der Waals surface area contributed by atoms with E-state index in [2.05, 4.69) is 10.3 Å². The smallest absolute Gasteiger partial charge is 0.141 e. The van der Waals surface area contributed by atoms with E-state index < -0.39 is 0 Å². The molecule has 1 aliphatic rings. The van der Waals surface area contributed by atoms with Crippen molar-refractivity contribution in [2.24, 2.45) is 0 Å². The molecule has 2 atom stereocenters. The Balaban J connectivity index is 1.80. The molecule has 88 valence electrons. The van der Waals surface area contributed by atoms with Gasteiger partial charge in [0.25, 0.3) is 0 Å². The summed E-state index contributed by atoms with van der Waals surface area (Å²) in [4.78, 5) is 3.82. The molecule has 1 fully saturated rings. The number of rotatable bonds is 4. The van der Waals surface area contributed by atoms with Gasteiger partial charge in [-0.3, -0.25) is 4.98 Å². The van der Waals surface area contributed by atoms with Crippen molar-refractivity contribution in [3.63, 3.8) is 0 Å². The summed E-state index contributed by atoms with van der Waals surface area (Å²) in [5.41, 5.74) is 0.890. The molecule has 1 N–H and O–H groups in total. The van der Waals surface area contributed by atoms with Crippen LogP contribution >= 0.6 is 0 Å². The van der Waals surface area contributed by atoms with E-state index in [1.807, 2.05) is 0 Å². The fraction of sp³-hybridized carbons (Fsp3) is 0.583. The molecule has 0 aliphatic heterocycles. The average Bonchev–Trinajstić information content (AvgIpc) is 2.74. The van der Waals surface area contributed by atoms with Gasteiger partial charge in [0, 0.05) is 25.9 Å². The summed E-state index contributed by atoms with van der Waals surface area (Å²) >= 11 is 0. The number of nitrogens with zero attached hydrogens (tertiary/aromatic N) is 1. The van der Waals surface area contributed by atoms with Gasteiger partial charge in [-0.1, -0.05) is 0 Å². The van der Waals surface area contributed by atoms with E-state index in [1.165, 1.54) is 12.3 Å². The number of pyridine rings is 1. The minimum Gasteiger partial charge on any atom is -0.381 e. The van der Waals surface area contributed by atoms with Crippen LogP contribution in [0.3, 0.4) is 0 Å². The number of hydrogen-bond acceptors (Lipinski definition) is 3. The van der Waals surface area contributed by atoms with Crippen LogP contribution in [-0.2, 0) is 11.3 Å². The first-order chi connectivity index (χ1) is 7.78. The maximum absolute atomic E-state index is 12.9. The third-order valence-corrected chi connectivity index (χ3v) is 3.07. The van der Waals surface area contributed by atoms with Crippen molar-refractivity contribution < 1.29 is 9.13 Å². The lowest BCUT2D eigenvalue weighted by Gasteiger charge is -2.12. The minimum atomic E-state index is -0.277. The lowest BCUT2D eigenvalue weighted by Crippen LogP contribution is -2.26. The van der Waals surface area contributed by atoms with E-state index in [9.17, 15) is 4.39 Å². The number of hydrogen-bond donors (Lipinski definition) is 1. The Kier molecular flexibility index (Phi) is 3.85. The highest BCUT2D eigenvalue weighted by Gasteiger charge is 2.23. The molecule has 1 aliphatic carbocycles. The van der Waals surface area contributed by atoms with Gasteiger partial charge in [0.2, 0.25) is 0 Å². The molecule has 4 heteroatoms. The molecule has 0 radical (unpaired) electrons. The normalized spacial score (nSPS) is 24.9. The number of ether oxygens (including phenoxy) is 1. The quantitative estimate of drug-likeness (QED) is 0.848. The first kappa shape index (κ1) is 11.5. The molecule has 16 heavy (non-hydrogen) atoms. The Labute approximate surface area is 95.0 Å². The minimum absolute atomic E-state index is 0.277. The van der Waals surface area contributed by atoms with Crippen molar-refractivity contribution in [2.75, 3.05) is 7.11 Å². The molecule has 2 unspecified atom stereocenters. The Morgan fingerprint density at radius 3 is 3.06 bits per heavy atom. The Hall–Kier alpha value is -1.00. The molecule has 1 aromatic rings. The maximum atomic E-state index is 12.9. The zero-order valence-corrected chi connectivity index (χ0v) is 9.45. The molecular formula is C12H17FN2O. The zero-order valence-electron chi connectivity index (χ0n) is 9.45. The third kappa shape index (κ3) is 3.00. The second kappa shape index (κ2) is 5.37. The summed E-state index contributed by atoms with van der Waals surface area (Å²) < 4.78 is 18.2. The maximum Gasteiger partial charge on any atom is 0.141 e. The van der Waals surface area contributed by atoms with Crippen LogP contribution in [0, 0.1) is 5.82 Å². The summed E-state index contributed by atoms with van der Waals surface area (Å²) in [6.45, 7) is 0.672. The van der Waals surface area contributed by atoms with Gasteiger partial charge in [-0.15, -0.1) is 0 Å². The van der Waals surface area contributed by atoms with Crippen molar-refractivity contribution in [3.05, 3.63) is 29.8 Å². The van der Waals surface area contributed by atoms with E-state index in [4.69, 9.17) is 4.74 Å². The Morgan fingerprint density at radius 1 is 1.50 bits per heavy atom. The van der Waals surface area contributed by atoms with Crippen molar-refractivity contribution in [1.82, 2.24) is 10.3 Å². The molecule has 2 rings (SSSR count). The summed E-state index contributed by atoms with van der Waals surface area (Å²) in [6, 6.07) is 2.00. The summed E-state index contributed by atoms with van der Waals surface area (Å²) in [5, 5.41) is 3.40. The van der Waals surface area contributed by atoms with Crippen LogP contribution in [0.15, 0.2) is 18.5 Å². The Bertz CT molecular complexity index is 346. The molecule has 1 aromatic heterocycles. The fourth-order valence-corrected chi connectivity index (χ4v) is 2.15. The van der Waals surface area contributed by atoms with Crippen LogP contribution < -0.4 is 5.32 Å². The third-order valence-electron chi connectivity index (χ3n) is 3.07. The lowest BCUT2D eigenvalue weighted by molar-refractivity contribution is 0.107. The highest BCUT2D eigenvalue weighted by molar-refractivity contribution is 5.10. The second-order valence-corrected chi connectivity index (χ2v) is 4.26. The predicted octanol–water partition coefficient (Wildman–Crippen LogP) is 1.88. The molecule has 0 aromatic carbocycles. The van der Waals surface area contributed by atoms with Gasteiger partial charge in [0.05, 0.1) is 12.3 Å². The number of nitrogens with one attached hydrogen (secondary N) is 1. The second-order valence-electron chi connectivity index (χ2n) is 4.26. The average molecular weight is 224 g/mol. The largest absolute Gasteiger partial charge is 0.381 e. The van der Waals surface area contributed by atoms with Gasteiger partial charge in [-0.05, 0) is 30.9 Å². The fourth-order valence-electron chi connectivity index (χ4n) is 2.15. The highest BCUT2D eigenvalue weighted by Crippen LogP contribution is 2.21. The number of methoxy groups -OCH3 is 1. The van der Waals surface area contributed by atoms with E-state index in [0.29, 0.717) is 18.7 Å². The van der Waals surface area contributed by atoms with E-state index in [1.54, 1.807) is 13.3 Å². The van der Waals surface area contributed by atoms with Gasteiger partial charge < -0.3 is 10.1 Å². The monoisotopic (exact) mass is 224 g/mol. The molecule has 0 amide bonds. The number of aromatic nitrogens is 1. The first-order valence-electron chi connectivity index (χ1n) is 5.63. The van der Waals surface area contributed by atoms with Crippen molar-refractivity contribution in [2.45, 2.75) is 38.0 Å². The van der Waals surface area contributed by atoms with Crippen LogP contribution in [0.1, 0.15) is 24.8 Å². The molecule has 0 bridgehead atoms. The molecule has 0 saturated heterocycles. The topological polar surface area (TPSA) is 34.1 Å². The molecule has 1 heterocycles. The SMILES string of the molecule is COC1CCC(NCc2cncc(F)c2)C1. The van der Waals surface area contributed by atoms with Crippen molar-refractivity contribution >= 4 is 0 Å². The van der Waals surface area contributed by atoms with E-state index in [0.717, 1.165) is 24.8 Å².